The van der Waals surface area contributed by atoms with Crippen LogP contribution < -0.4 is 0 Å². The standard InChI is InChI=1S/C5H4N2O4/c1-11-5(8)2-4(3-6)7(9)10/h2H,1H3/b4-2+. The van der Waals surface area contributed by atoms with Crippen molar-refractivity contribution in [1.82, 2.24) is 0 Å². The Morgan fingerprint density at radius 3 is 2.64 bits per heavy atom. The lowest BCUT2D eigenvalue weighted by atomic mass is 10.4. The van der Waals surface area contributed by atoms with E-state index in [1.807, 2.05) is 0 Å². The fraction of sp³-hybridized carbons (Fsp3) is 0.200. The zero-order valence-electron chi connectivity index (χ0n) is 5.60. The molecule has 0 unspecified atom stereocenters. The average molecular weight is 156 g/mol. The van der Waals surface area contributed by atoms with Crippen LogP contribution in [0.25, 0.3) is 0 Å². The minimum atomic E-state index is -0.961. The third-order valence-electron chi connectivity index (χ3n) is 0.767. The van der Waals surface area contributed by atoms with Crippen molar-refractivity contribution in [2.24, 2.45) is 0 Å². The molecule has 0 aromatic heterocycles. The Hall–Kier alpha value is -1.90. The molecule has 0 amide bonds. The Morgan fingerprint density at radius 2 is 2.36 bits per heavy atom. The van der Waals surface area contributed by atoms with Crippen LogP contribution in [0.5, 0.6) is 0 Å². The highest BCUT2D eigenvalue weighted by atomic mass is 16.6. The molecule has 0 aliphatic heterocycles. The molecule has 0 aliphatic carbocycles. The Morgan fingerprint density at radius 1 is 1.82 bits per heavy atom. The van der Waals surface area contributed by atoms with Gasteiger partial charge in [0.1, 0.15) is 6.08 Å². The van der Waals surface area contributed by atoms with Gasteiger partial charge >= 0.3 is 11.7 Å². The van der Waals surface area contributed by atoms with Gasteiger partial charge in [-0.15, -0.1) is 0 Å². The van der Waals surface area contributed by atoms with Crippen molar-refractivity contribution in [2.75, 3.05) is 7.11 Å². The molecule has 0 aromatic rings. The third-order valence-corrected chi connectivity index (χ3v) is 0.767. The van der Waals surface area contributed by atoms with Gasteiger partial charge in [0.2, 0.25) is 0 Å². The molecule has 0 radical (unpaired) electrons. The van der Waals surface area contributed by atoms with Crippen LogP contribution >= 0.6 is 0 Å². The number of ether oxygens (including phenoxy) is 1. The van der Waals surface area contributed by atoms with E-state index >= 15 is 0 Å². The number of allylic oxidation sites excluding steroid dienone is 1. The molecule has 0 atom stereocenters. The highest BCUT2D eigenvalue weighted by Crippen LogP contribution is 1.92. The zero-order valence-corrected chi connectivity index (χ0v) is 5.60. The van der Waals surface area contributed by atoms with Crippen molar-refractivity contribution in [2.45, 2.75) is 0 Å². The van der Waals surface area contributed by atoms with Crippen LogP contribution in [0.1, 0.15) is 0 Å². The largest absolute Gasteiger partial charge is 0.466 e. The van der Waals surface area contributed by atoms with E-state index in [1.54, 1.807) is 0 Å². The van der Waals surface area contributed by atoms with Crippen molar-refractivity contribution in [3.63, 3.8) is 0 Å². The third kappa shape index (κ3) is 2.95. The van der Waals surface area contributed by atoms with Crippen LogP contribution in [0.3, 0.4) is 0 Å². The van der Waals surface area contributed by atoms with Crippen molar-refractivity contribution >= 4 is 5.97 Å². The smallest absolute Gasteiger partial charge is 0.352 e. The number of carbonyl (C=O) groups is 1. The summed E-state index contributed by atoms with van der Waals surface area (Å²) in [6.07, 6.45) is 0.514. The second-order valence-corrected chi connectivity index (χ2v) is 1.42. The molecule has 0 aromatic carbocycles. The maximum Gasteiger partial charge on any atom is 0.352 e. The second-order valence-electron chi connectivity index (χ2n) is 1.42. The number of nitrogens with zero attached hydrogens (tertiary/aromatic N) is 2. The lowest BCUT2D eigenvalue weighted by molar-refractivity contribution is -0.417. The first kappa shape index (κ1) is 9.10. The normalized spacial score (nSPS) is 10.0. The number of methoxy groups -OCH3 is 1. The average Bonchev–Trinajstić information content (AvgIpc) is 1.99. The van der Waals surface area contributed by atoms with E-state index in [-0.39, 0.29) is 0 Å². The van der Waals surface area contributed by atoms with E-state index in [2.05, 4.69) is 4.74 Å². The van der Waals surface area contributed by atoms with E-state index in [0.29, 0.717) is 6.08 Å². The first-order valence-electron chi connectivity index (χ1n) is 2.46. The highest BCUT2D eigenvalue weighted by molar-refractivity contribution is 5.82. The van der Waals surface area contributed by atoms with E-state index in [0.717, 1.165) is 7.11 Å². The molecular formula is C5H4N2O4. The van der Waals surface area contributed by atoms with Crippen LogP contribution in [-0.4, -0.2) is 18.0 Å². The summed E-state index contributed by atoms with van der Waals surface area (Å²) in [5.74, 6) is -0.918. The van der Waals surface area contributed by atoms with Gasteiger partial charge in [0.05, 0.1) is 12.0 Å². The number of hydrogen-bond acceptors (Lipinski definition) is 5. The number of nitro groups is 1. The minimum Gasteiger partial charge on any atom is -0.466 e. The van der Waals surface area contributed by atoms with E-state index in [4.69, 9.17) is 5.26 Å². The van der Waals surface area contributed by atoms with Crippen LogP contribution in [0.15, 0.2) is 11.8 Å². The van der Waals surface area contributed by atoms with Gasteiger partial charge in [0, 0.05) is 0 Å². The van der Waals surface area contributed by atoms with Crippen molar-refractivity contribution in [3.05, 3.63) is 21.9 Å². The van der Waals surface area contributed by atoms with Gasteiger partial charge in [-0.25, -0.2) is 4.79 Å². The molecule has 0 fully saturated rings. The molecule has 0 heterocycles. The summed E-state index contributed by atoms with van der Waals surface area (Å²) in [5.41, 5.74) is -0.836. The number of rotatable bonds is 2. The van der Waals surface area contributed by atoms with Crippen LogP contribution in [0, 0.1) is 21.4 Å². The summed E-state index contributed by atoms with van der Waals surface area (Å²) in [7, 11) is 1.06. The quantitative estimate of drug-likeness (QED) is 0.182. The molecule has 0 rings (SSSR count). The monoisotopic (exact) mass is 156 g/mol. The predicted octanol–water partition coefficient (Wildman–Crippen LogP) is -0.156. The summed E-state index contributed by atoms with van der Waals surface area (Å²) in [5, 5.41) is 18.0. The number of esters is 1. The second kappa shape index (κ2) is 4.00. The SMILES string of the molecule is COC(=O)/C=C(\C#N)[N+](=O)[O-]. The lowest BCUT2D eigenvalue weighted by Gasteiger charge is -1.87. The molecule has 6 nitrogen and oxygen atoms in total. The minimum absolute atomic E-state index is 0.514. The molecule has 0 saturated carbocycles. The zero-order chi connectivity index (χ0) is 8.85. The van der Waals surface area contributed by atoms with E-state index in [1.165, 1.54) is 6.07 Å². The maximum absolute atomic E-state index is 10.3. The molecule has 6 heteroatoms. The lowest BCUT2D eigenvalue weighted by Crippen LogP contribution is -2.02. The predicted molar refractivity (Wildman–Crippen MR) is 32.7 cm³/mol. The van der Waals surface area contributed by atoms with Gasteiger partial charge in [0.15, 0.2) is 6.07 Å². The van der Waals surface area contributed by atoms with Crippen LogP contribution in [0.2, 0.25) is 0 Å². The van der Waals surface area contributed by atoms with Crippen molar-refractivity contribution < 1.29 is 14.5 Å². The van der Waals surface area contributed by atoms with Crippen LogP contribution in [0.4, 0.5) is 0 Å². The first-order chi connectivity index (χ1) is 5.11. The Bertz CT molecular complexity index is 250. The molecule has 0 aliphatic rings. The molecule has 0 spiro atoms. The fourth-order valence-electron chi connectivity index (χ4n) is 0.296. The maximum atomic E-state index is 10.3. The summed E-state index contributed by atoms with van der Waals surface area (Å²) in [6, 6.07) is 1.23. The number of nitriles is 1. The van der Waals surface area contributed by atoms with Crippen LogP contribution in [-0.2, 0) is 9.53 Å². The molecule has 0 bridgehead atoms. The van der Waals surface area contributed by atoms with Crippen molar-refractivity contribution in [1.29, 1.82) is 5.26 Å². The topological polar surface area (TPSA) is 93.2 Å². The molecule has 58 valence electrons. The molecule has 11 heavy (non-hydrogen) atoms. The van der Waals surface area contributed by atoms with Gasteiger partial charge in [-0.3, -0.25) is 10.1 Å². The van der Waals surface area contributed by atoms with Gasteiger partial charge in [-0.05, 0) is 0 Å². The van der Waals surface area contributed by atoms with Gasteiger partial charge in [-0.1, -0.05) is 0 Å². The molecule has 0 N–H and O–H groups in total. The number of hydrogen-bond donors (Lipinski definition) is 0. The Labute approximate surface area is 61.8 Å². The summed E-state index contributed by atoms with van der Waals surface area (Å²) in [4.78, 5) is 19.3. The van der Waals surface area contributed by atoms with Gasteiger partial charge < -0.3 is 4.74 Å². The molecule has 0 saturated heterocycles. The van der Waals surface area contributed by atoms with Gasteiger partial charge in [0.25, 0.3) is 0 Å². The Balaban J connectivity index is 4.52. The first-order valence-corrected chi connectivity index (χ1v) is 2.46. The van der Waals surface area contributed by atoms with E-state index < -0.39 is 16.6 Å². The Kier molecular flexibility index (Phi) is 3.31. The fourth-order valence-corrected chi connectivity index (χ4v) is 0.296. The molecular weight excluding hydrogens is 152 g/mol. The summed E-state index contributed by atoms with van der Waals surface area (Å²) >= 11 is 0. The van der Waals surface area contributed by atoms with E-state index in [9.17, 15) is 14.9 Å². The summed E-state index contributed by atoms with van der Waals surface area (Å²) < 4.78 is 4.06. The summed E-state index contributed by atoms with van der Waals surface area (Å²) in [6.45, 7) is 0. The number of carbonyl (C=O) groups excluding carboxylic acids is 1. The highest BCUT2D eigenvalue weighted by Gasteiger charge is 2.11. The van der Waals surface area contributed by atoms with Crippen molar-refractivity contribution in [3.8, 4) is 6.07 Å². The van der Waals surface area contributed by atoms with Gasteiger partial charge in [-0.2, -0.15) is 5.26 Å².